The normalized spacial score (nSPS) is 12.2. The zero-order valence-corrected chi connectivity index (χ0v) is 22.1. The molecule has 194 valence electrons. The molecule has 0 atom stereocenters. The fourth-order valence-electron chi connectivity index (χ4n) is 3.82. The van der Waals surface area contributed by atoms with E-state index < -0.39 is 0 Å². The molecule has 0 spiro atoms. The standard InChI is InChI=1S/C25H34N6O5/c1-15-11-18(23(34)29(6)7)27-31-22(15)28-30(24(31)26-5)14-19(33)16-12-17(25(2,3)4)21(35-8)20(13-16)36-10-9-32/h11-13,32H,9-10,14H2,1-8H3/b26-24+. The number of methoxy groups -OCH3 is 1. The molecule has 1 amide bonds. The second-order valence-electron chi connectivity index (χ2n) is 9.63. The highest BCUT2D eigenvalue weighted by Gasteiger charge is 2.26. The lowest BCUT2D eigenvalue weighted by Crippen LogP contribution is -2.29. The highest BCUT2D eigenvalue weighted by molar-refractivity contribution is 5.97. The van der Waals surface area contributed by atoms with E-state index in [4.69, 9.17) is 9.47 Å². The van der Waals surface area contributed by atoms with Crippen molar-refractivity contribution in [3.8, 4) is 11.5 Å². The summed E-state index contributed by atoms with van der Waals surface area (Å²) in [4.78, 5) is 31.7. The van der Waals surface area contributed by atoms with Crippen LogP contribution in [-0.4, -0.2) is 82.6 Å². The monoisotopic (exact) mass is 498 g/mol. The minimum Gasteiger partial charge on any atom is -0.493 e. The van der Waals surface area contributed by atoms with Crippen molar-refractivity contribution in [2.75, 3.05) is 41.5 Å². The van der Waals surface area contributed by atoms with E-state index in [9.17, 15) is 14.7 Å². The van der Waals surface area contributed by atoms with Gasteiger partial charge in [-0.05, 0) is 36.1 Å². The number of hydrogen-bond donors (Lipinski definition) is 1. The molecule has 0 aliphatic rings. The predicted molar refractivity (Wildman–Crippen MR) is 134 cm³/mol. The fourth-order valence-corrected chi connectivity index (χ4v) is 3.82. The van der Waals surface area contributed by atoms with Gasteiger partial charge in [-0.15, -0.1) is 5.10 Å². The number of ether oxygens (including phenoxy) is 2. The third-order valence-electron chi connectivity index (χ3n) is 5.61. The van der Waals surface area contributed by atoms with Crippen molar-refractivity contribution in [2.45, 2.75) is 39.7 Å². The van der Waals surface area contributed by atoms with Gasteiger partial charge in [0.15, 0.2) is 22.9 Å². The number of aliphatic hydroxyl groups is 1. The molecule has 1 N–H and O–H groups in total. The molecule has 3 rings (SSSR count). The molecule has 1 aromatic carbocycles. The molecular weight excluding hydrogens is 464 g/mol. The molecule has 0 radical (unpaired) electrons. The minimum atomic E-state index is -0.338. The number of fused-ring (bicyclic) bond motifs is 1. The molecule has 0 fully saturated rings. The maximum Gasteiger partial charge on any atom is 0.273 e. The maximum absolute atomic E-state index is 13.5. The molecule has 0 saturated carbocycles. The van der Waals surface area contributed by atoms with Crippen molar-refractivity contribution >= 4 is 17.3 Å². The number of aryl methyl sites for hydroxylation is 1. The first-order valence-corrected chi connectivity index (χ1v) is 11.5. The summed E-state index contributed by atoms with van der Waals surface area (Å²) in [7, 11) is 6.43. The van der Waals surface area contributed by atoms with Crippen LogP contribution in [-0.2, 0) is 12.0 Å². The van der Waals surface area contributed by atoms with Crippen LogP contribution in [0.3, 0.4) is 0 Å². The Hall–Kier alpha value is -3.73. The zero-order valence-electron chi connectivity index (χ0n) is 22.1. The summed E-state index contributed by atoms with van der Waals surface area (Å²) >= 11 is 0. The third kappa shape index (κ3) is 5.25. The molecule has 0 aliphatic carbocycles. The highest BCUT2D eigenvalue weighted by Crippen LogP contribution is 2.39. The average molecular weight is 499 g/mol. The van der Waals surface area contributed by atoms with Crippen molar-refractivity contribution in [1.82, 2.24) is 24.3 Å². The largest absolute Gasteiger partial charge is 0.493 e. The second kappa shape index (κ2) is 10.5. The lowest BCUT2D eigenvalue weighted by molar-refractivity contribution is 0.0819. The number of hydrogen-bond acceptors (Lipinski definition) is 8. The topological polar surface area (TPSA) is 124 Å². The number of ketones is 1. The molecule has 0 saturated heterocycles. The number of rotatable bonds is 8. The SMILES string of the molecule is C/N=c1\n(CC(=O)c2cc(OCCO)c(OC)c(C(C)(C)C)c2)nc2c(C)cc(C(=O)N(C)C)nn12. The van der Waals surface area contributed by atoms with E-state index in [1.165, 1.54) is 14.1 Å². The van der Waals surface area contributed by atoms with Crippen LogP contribution in [0.25, 0.3) is 5.65 Å². The summed E-state index contributed by atoms with van der Waals surface area (Å²) < 4.78 is 14.2. The fraction of sp³-hybridized carbons (Fsp3) is 0.480. The van der Waals surface area contributed by atoms with Crippen LogP contribution in [0.1, 0.15) is 52.7 Å². The summed E-state index contributed by atoms with van der Waals surface area (Å²) in [5.41, 5.74) is 2.68. The van der Waals surface area contributed by atoms with E-state index in [0.717, 1.165) is 11.1 Å². The lowest BCUT2D eigenvalue weighted by Gasteiger charge is -2.25. The van der Waals surface area contributed by atoms with Gasteiger partial charge in [0.1, 0.15) is 18.8 Å². The van der Waals surface area contributed by atoms with Crippen molar-refractivity contribution in [3.05, 3.63) is 46.2 Å². The van der Waals surface area contributed by atoms with Gasteiger partial charge >= 0.3 is 0 Å². The van der Waals surface area contributed by atoms with Crippen LogP contribution in [0, 0.1) is 6.92 Å². The van der Waals surface area contributed by atoms with Gasteiger partial charge in [-0.2, -0.15) is 9.61 Å². The molecule has 36 heavy (non-hydrogen) atoms. The molecule has 0 aliphatic heterocycles. The van der Waals surface area contributed by atoms with Gasteiger partial charge in [-0.3, -0.25) is 14.6 Å². The predicted octanol–water partition coefficient (Wildman–Crippen LogP) is 1.63. The van der Waals surface area contributed by atoms with Crippen molar-refractivity contribution < 1.29 is 24.2 Å². The van der Waals surface area contributed by atoms with Crippen LogP contribution in [0.4, 0.5) is 0 Å². The maximum atomic E-state index is 13.5. The van der Waals surface area contributed by atoms with Crippen molar-refractivity contribution in [2.24, 2.45) is 4.99 Å². The molecule has 3 aromatic rings. The molecule has 2 aromatic heterocycles. The minimum absolute atomic E-state index is 0.0661. The van der Waals surface area contributed by atoms with Gasteiger partial charge in [0.05, 0.1) is 13.7 Å². The number of carbonyl (C=O) groups excluding carboxylic acids is 2. The number of Topliss-reactive ketones (excluding diaryl/α,β-unsaturated/α-hetero) is 1. The van der Waals surface area contributed by atoms with E-state index in [-0.39, 0.29) is 42.6 Å². The Morgan fingerprint density at radius 2 is 1.86 bits per heavy atom. The Bertz CT molecular complexity index is 1360. The molecule has 11 heteroatoms. The van der Waals surface area contributed by atoms with Gasteiger partial charge in [0, 0.05) is 32.3 Å². The molecule has 11 nitrogen and oxygen atoms in total. The van der Waals surface area contributed by atoms with E-state index >= 15 is 0 Å². The first-order chi connectivity index (χ1) is 16.9. The summed E-state index contributed by atoms with van der Waals surface area (Å²) in [5.74, 6) is 0.432. The molecule has 0 bridgehead atoms. The van der Waals surface area contributed by atoms with Gasteiger partial charge in [-0.25, -0.2) is 4.68 Å². The molecule has 2 heterocycles. The van der Waals surface area contributed by atoms with Gasteiger partial charge in [-0.1, -0.05) is 20.8 Å². The van der Waals surface area contributed by atoms with Crippen LogP contribution in [0.5, 0.6) is 11.5 Å². The number of carbonyl (C=O) groups is 2. The first-order valence-electron chi connectivity index (χ1n) is 11.5. The van der Waals surface area contributed by atoms with E-state index in [1.54, 1.807) is 46.5 Å². The Morgan fingerprint density at radius 3 is 2.42 bits per heavy atom. The van der Waals surface area contributed by atoms with Gasteiger partial charge < -0.3 is 19.5 Å². The number of amides is 1. The van der Waals surface area contributed by atoms with Crippen LogP contribution < -0.4 is 15.1 Å². The lowest BCUT2D eigenvalue weighted by atomic mass is 9.84. The second-order valence-corrected chi connectivity index (χ2v) is 9.63. The Kier molecular flexibility index (Phi) is 7.83. The van der Waals surface area contributed by atoms with E-state index in [1.807, 2.05) is 27.7 Å². The van der Waals surface area contributed by atoms with Crippen LogP contribution in [0.2, 0.25) is 0 Å². The van der Waals surface area contributed by atoms with Gasteiger partial charge in [0.2, 0.25) is 5.62 Å². The Balaban J connectivity index is 2.10. The first kappa shape index (κ1) is 26.9. The summed E-state index contributed by atoms with van der Waals surface area (Å²) in [6.07, 6.45) is 0. The van der Waals surface area contributed by atoms with Crippen LogP contribution >= 0.6 is 0 Å². The van der Waals surface area contributed by atoms with E-state index in [2.05, 4.69) is 15.2 Å². The number of nitrogens with zero attached hydrogens (tertiary/aromatic N) is 6. The number of aromatic nitrogens is 4. The number of benzene rings is 1. The zero-order chi connectivity index (χ0) is 26.8. The quantitative estimate of drug-likeness (QED) is 0.468. The van der Waals surface area contributed by atoms with Crippen molar-refractivity contribution in [1.29, 1.82) is 0 Å². The summed E-state index contributed by atoms with van der Waals surface area (Å²) in [5, 5.41) is 18.2. The smallest absolute Gasteiger partial charge is 0.273 e. The van der Waals surface area contributed by atoms with Gasteiger partial charge in [0.25, 0.3) is 5.91 Å². The molecule has 0 unspecified atom stereocenters. The summed E-state index contributed by atoms with van der Waals surface area (Å²) in [6, 6.07) is 5.08. The average Bonchev–Trinajstić information content (AvgIpc) is 3.18. The Labute approximate surface area is 210 Å². The summed E-state index contributed by atoms with van der Waals surface area (Å²) in [6.45, 7) is 7.66. The number of aliphatic hydroxyl groups excluding tert-OH is 1. The third-order valence-corrected chi connectivity index (χ3v) is 5.61. The van der Waals surface area contributed by atoms with Crippen LogP contribution in [0.15, 0.2) is 23.2 Å². The van der Waals surface area contributed by atoms with E-state index in [0.29, 0.717) is 28.3 Å². The highest BCUT2D eigenvalue weighted by atomic mass is 16.5. The molecular formula is C25H34N6O5. The van der Waals surface area contributed by atoms with Crippen molar-refractivity contribution in [3.63, 3.8) is 0 Å². The Morgan fingerprint density at radius 1 is 1.17 bits per heavy atom.